The van der Waals surface area contributed by atoms with Gasteiger partial charge in [0.25, 0.3) is 0 Å². The second kappa shape index (κ2) is 6.61. The van der Waals surface area contributed by atoms with E-state index in [1.54, 1.807) is 0 Å². The van der Waals surface area contributed by atoms with Crippen molar-refractivity contribution in [2.75, 3.05) is 6.61 Å². The first-order valence-electron chi connectivity index (χ1n) is 6.54. The van der Waals surface area contributed by atoms with Crippen LogP contribution in [0.5, 0.6) is 0 Å². The van der Waals surface area contributed by atoms with Crippen molar-refractivity contribution >= 4 is 0 Å². The van der Waals surface area contributed by atoms with E-state index in [-0.39, 0.29) is 5.41 Å². The first kappa shape index (κ1) is 14.0. The van der Waals surface area contributed by atoms with Gasteiger partial charge in [0.1, 0.15) is 0 Å². The second-order valence-corrected chi connectivity index (χ2v) is 4.60. The Kier molecular flexibility index (Phi) is 5.43. The molecule has 1 aromatic rings. The van der Waals surface area contributed by atoms with Crippen molar-refractivity contribution in [3.63, 3.8) is 0 Å². The lowest BCUT2D eigenvalue weighted by Gasteiger charge is -2.42. The molecule has 2 rings (SSSR count). The summed E-state index contributed by atoms with van der Waals surface area (Å²) in [6, 6.07) is 8.41. The van der Waals surface area contributed by atoms with Crippen molar-refractivity contribution in [2.45, 2.75) is 45.4 Å². The van der Waals surface area contributed by atoms with E-state index in [1.165, 1.54) is 11.1 Å². The van der Waals surface area contributed by atoms with Crippen molar-refractivity contribution in [1.29, 1.82) is 0 Å². The maximum Gasteiger partial charge on any atom is 0.0531 e. The number of aliphatic hydroxyl groups excluding tert-OH is 1. The first-order valence-corrected chi connectivity index (χ1v) is 6.54. The first-order chi connectivity index (χ1) is 8.24. The molecule has 17 heavy (non-hydrogen) atoms. The van der Waals surface area contributed by atoms with Gasteiger partial charge in [-0.05, 0) is 37.3 Å². The fourth-order valence-electron chi connectivity index (χ4n) is 2.35. The molecule has 0 aromatic heterocycles. The molecule has 0 fully saturated rings. The van der Waals surface area contributed by atoms with Gasteiger partial charge in [-0.2, -0.15) is 0 Å². The smallest absolute Gasteiger partial charge is 0.0531 e. The van der Waals surface area contributed by atoms with Crippen LogP contribution in [-0.2, 0) is 11.8 Å². The summed E-state index contributed by atoms with van der Waals surface area (Å²) in [6.07, 6.45) is 7.44. The Labute approximate surface area is 105 Å². The lowest BCUT2D eigenvalue weighted by molar-refractivity contribution is 0.167. The third kappa shape index (κ3) is 2.98. The van der Waals surface area contributed by atoms with Crippen LogP contribution in [0.25, 0.3) is 0 Å². The van der Waals surface area contributed by atoms with E-state index in [4.69, 9.17) is 0 Å². The monoisotopic (exact) mass is 232 g/mol. The van der Waals surface area contributed by atoms with Crippen molar-refractivity contribution in [3.05, 3.63) is 47.5 Å². The van der Waals surface area contributed by atoms with Crippen LogP contribution in [0, 0.1) is 0 Å². The molecule has 1 nitrogen and oxygen atoms in total. The number of benzene rings is 1. The lowest BCUT2D eigenvalue weighted by atomic mass is 9.63. The zero-order valence-corrected chi connectivity index (χ0v) is 11.2. The van der Waals surface area contributed by atoms with Crippen LogP contribution in [0.1, 0.15) is 44.7 Å². The van der Waals surface area contributed by atoms with Crippen molar-refractivity contribution in [3.8, 4) is 0 Å². The Bertz CT molecular complexity index is 362. The van der Waals surface area contributed by atoms with E-state index in [0.717, 1.165) is 19.3 Å². The quantitative estimate of drug-likeness (QED) is 0.785. The Balaban J connectivity index is 0.000000249. The van der Waals surface area contributed by atoms with E-state index in [0.29, 0.717) is 6.61 Å². The number of hydrogen-bond acceptors (Lipinski definition) is 1. The van der Waals surface area contributed by atoms with Crippen LogP contribution in [-0.4, -0.2) is 11.7 Å². The fourth-order valence-corrected chi connectivity index (χ4v) is 2.35. The van der Waals surface area contributed by atoms with E-state index in [2.05, 4.69) is 50.3 Å². The molecule has 1 aliphatic carbocycles. The number of allylic oxidation sites excluding steroid dienone is 2. The molecule has 1 aliphatic rings. The van der Waals surface area contributed by atoms with Gasteiger partial charge in [-0.25, -0.2) is 0 Å². The summed E-state index contributed by atoms with van der Waals surface area (Å²) in [5.74, 6) is 0. The van der Waals surface area contributed by atoms with Gasteiger partial charge in [-0.15, -0.1) is 0 Å². The SMILES string of the molecule is C/C=C\CC.CCC1(CO)Cc2ccccc21. The van der Waals surface area contributed by atoms with Crippen molar-refractivity contribution in [2.24, 2.45) is 0 Å². The van der Waals surface area contributed by atoms with Crippen LogP contribution in [0.3, 0.4) is 0 Å². The molecule has 0 spiro atoms. The van der Waals surface area contributed by atoms with E-state index >= 15 is 0 Å². The predicted molar refractivity (Wildman–Crippen MR) is 74.3 cm³/mol. The molecule has 1 aromatic carbocycles. The van der Waals surface area contributed by atoms with E-state index in [9.17, 15) is 5.11 Å². The number of rotatable bonds is 3. The Hall–Kier alpha value is -1.08. The highest BCUT2D eigenvalue weighted by atomic mass is 16.3. The van der Waals surface area contributed by atoms with Crippen LogP contribution in [0.4, 0.5) is 0 Å². The van der Waals surface area contributed by atoms with Gasteiger partial charge >= 0.3 is 0 Å². The van der Waals surface area contributed by atoms with Crippen molar-refractivity contribution < 1.29 is 5.11 Å². The molecule has 0 radical (unpaired) electrons. The topological polar surface area (TPSA) is 20.2 Å². The van der Waals surface area contributed by atoms with Crippen LogP contribution < -0.4 is 0 Å². The largest absolute Gasteiger partial charge is 0.395 e. The summed E-state index contributed by atoms with van der Waals surface area (Å²) in [5, 5.41) is 9.28. The fraction of sp³-hybridized carbons (Fsp3) is 0.500. The predicted octanol–water partition coefficient (Wildman–Crippen LogP) is 3.86. The zero-order chi connectivity index (χ0) is 12.7. The molecular formula is C16H24O. The van der Waals surface area contributed by atoms with Crippen LogP contribution in [0.15, 0.2) is 36.4 Å². The Morgan fingerprint density at radius 3 is 2.41 bits per heavy atom. The highest BCUT2D eigenvalue weighted by Gasteiger charge is 2.39. The summed E-state index contributed by atoms with van der Waals surface area (Å²) in [5.41, 5.74) is 2.86. The third-order valence-electron chi connectivity index (χ3n) is 3.57. The lowest BCUT2D eigenvalue weighted by Crippen LogP contribution is -2.41. The molecule has 0 amide bonds. The van der Waals surface area contributed by atoms with Gasteiger partial charge in [0.05, 0.1) is 6.61 Å². The maximum absolute atomic E-state index is 9.28. The Morgan fingerprint density at radius 2 is 2.00 bits per heavy atom. The third-order valence-corrected chi connectivity index (χ3v) is 3.57. The van der Waals surface area contributed by atoms with Gasteiger partial charge in [-0.1, -0.05) is 50.3 Å². The Morgan fingerprint density at radius 1 is 1.29 bits per heavy atom. The van der Waals surface area contributed by atoms with Gasteiger partial charge in [0, 0.05) is 5.41 Å². The van der Waals surface area contributed by atoms with E-state index in [1.807, 2.05) is 6.92 Å². The minimum atomic E-state index is 0.0938. The van der Waals surface area contributed by atoms with Gasteiger partial charge in [0.15, 0.2) is 0 Å². The summed E-state index contributed by atoms with van der Waals surface area (Å²) >= 11 is 0. The standard InChI is InChI=1S/C11H14O.C5H10/c1-2-11(8-12)7-9-5-3-4-6-10(9)11;1-3-5-4-2/h3-6,12H,2,7-8H2,1H3;3,5H,4H2,1-2H3/b;5-3-. The van der Waals surface area contributed by atoms with Gasteiger partial charge < -0.3 is 5.11 Å². The summed E-state index contributed by atoms with van der Waals surface area (Å²) in [6.45, 7) is 6.59. The molecule has 1 unspecified atom stereocenters. The number of aliphatic hydroxyl groups is 1. The summed E-state index contributed by atoms with van der Waals surface area (Å²) in [7, 11) is 0. The minimum Gasteiger partial charge on any atom is -0.395 e. The molecule has 1 atom stereocenters. The van der Waals surface area contributed by atoms with Gasteiger partial charge in [0.2, 0.25) is 0 Å². The molecule has 0 heterocycles. The molecule has 94 valence electrons. The molecule has 0 saturated heterocycles. The van der Waals surface area contributed by atoms with Crippen LogP contribution in [0.2, 0.25) is 0 Å². The van der Waals surface area contributed by atoms with E-state index < -0.39 is 0 Å². The minimum absolute atomic E-state index is 0.0938. The molecule has 1 heteroatoms. The molecule has 0 saturated carbocycles. The maximum atomic E-state index is 9.28. The normalized spacial score (nSPS) is 21.4. The highest BCUT2D eigenvalue weighted by Crippen LogP contribution is 2.42. The number of hydrogen-bond donors (Lipinski definition) is 1. The van der Waals surface area contributed by atoms with Crippen molar-refractivity contribution in [1.82, 2.24) is 0 Å². The second-order valence-electron chi connectivity index (χ2n) is 4.60. The van der Waals surface area contributed by atoms with Crippen LogP contribution >= 0.6 is 0 Å². The summed E-state index contributed by atoms with van der Waals surface area (Å²) in [4.78, 5) is 0. The average Bonchev–Trinajstić information content (AvgIpc) is 2.34. The zero-order valence-electron chi connectivity index (χ0n) is 11.2. The summed E-state index contributed by atoms with van der Waals surface area (Å²) < 4.78 is 0. The molecule has 0 bridgehead atoms. The van der Waals surface area contributed by atoms with Gasteiger partial charge in [-0.3, -0.25) is 0 Å². The number of fused-ring (bicyclic) bond motifs is 1. The molecular weight excluding hydrogens is 208 g/mol. The molecule has 0 aliphatic heterocycles. The highest BCUT2D eigenvalue weighted by molar-refractivity contribution is 5.45. The average molecular weight is 232 g/mol. The molecule has 1 N–H and O–H groups in total.